The lowest BCUT2D eigenvalue weighted by Crippen LogP contribution is -2.30. The Morgan fingerprint density at radius 2 is 1.45 bits per heavy atom. The van der Waals surface area contributed by atoms with E-state index in [0.717, 1.165) is 49.2 Å². The van der Waals surface area contributed by atoms with Gasteiger partial charge in [-0.25, -0.2) is 9.59 Å². The third-order valence-electron chi connectivity index (χ3n) is 8.09. The highest BCUT2D eigenvalue weighted by atomic mass is 16.5. The summed E-state index contributed by atoms with van der Waals surface area (Å²) in [4.78, 5) is 59.9. The molecule has 3 heterocycles. The Bertz CT molecular complexity index is 1850. The smallest absolute Gasteiger partial charge is 0.353 e. The second kappa shape index (κ2) is 12.6. The van der Waals surface area contributed by atoms with Gasteiger partial charge in [-0.05, 0) is 50.7 Å². The van der Waals surface area contributed by atoms with Crippen LogP contribution < -0.4 is 20.8 Å². The third kappa shape index (κ3) is 5.62. The summed E-state index contributed by atoms with van der Waals surface area (Å²) >= 11 is 0. The van der Waals surface area contributed by atoms with Crippen LogP contribution >= 0.6 is 0 Å². The predicted octanol–water partition coefficient (Wildman–Crippen LogP) is 5.44. The average Bonchev–Trinajstić information content (AvgIpc) is 3.01. The number of para-hydroxylation sites is 1. The molecular weight excluding hydrogens is 562 g/mol. The SMILES string of the molecule is CCc1c(-c2ccccc2N2CCCCC2)[nH]c(=O)c(C(=O)Oc2c(CC)c(-c3ccc(C)cc3)[nH]c(=O)c2C(=O)O)c1O. The van der Waals surface area contributed by atoms with Gasteiger partial charge >= 0.3 is 11.9 Å². The number of aromatic hydroxyl groups is 1. The van der Waals surface area contributed by atoms with E-state index in [2.05, 4.69) is 14.9 Å². The highest BCUT2D eigenvalue weighted by molar-refractivity contribution is 5.98. The number of aromatic carboxylic acids is 1. The minimum absolute atomic E-state index is 0.192. The number of aromatic nitrogens is 2. The fraction of sp³-hybridized carbons (Fsp3) is 0.294. The number of carbonyl (C=O) groups is 2. The molecule has 10 heteroatoms. The van der Waals surface area contributed by atoms with Crippen LogP contribution in [-0.2, 0) is 12.8 Å². The summed E-state index contributed by atoms with van der Waals surface area (Å²) in [6, 6.07) is 14.8. The van der Waals surface area contributed by atoms with Gasteiger partial charge in [-0.3, -0.25) is 9.59 Å². The van der Waals surface area contributed by atoms with Crippen molar-refractivity contribution in [2.45, 2.75) is 52.9 Å². The number of pyridine rings is 2. The first-order chi connectivity index (χ1) is 21.2. The van der Waals surface area contributed by atoms with Gasteiger partial charge in [0.2, 0.25) is 0 Å². The Morgan fingerprint density at radius 1 is 0.841 bits per heavy atom. The van der Waals surface area contributed by atoms with Crippen LogP contribution in [-0.4, -0.2) is 45.2 Å². The van der Waals surface area contributed by atoms with Crippen LogP contribution in [0.1, 0.15) is 70.5 Å². The molecule has 0 aliphatic carbocycles. The maximum Gasteiger partial charge on any atom is 0.353 e. The van der Waals surface area contributed by atoms with Crippen molar-refractivity contribution in [3.05, 3.63) is 97.1 Å². The molecule has 4 aromatic rings. The van der Waals surface area contributed by atoms with Crippen molar-refractivity contribution in [1.82, 2.24) is 9.97 Å². The van der Waals surface area contributed by atoms with Gasteiger partial charge < -0.3 is 29.8 Å². The van der Waals surface area contributed by atoms with E-state index in [1.807, 2.05) is 43.3 Å². The van der Waals surface area contributed by atoms with Crippen molar-refractivity contribution in [2.24, 2.45) is 0 Å². The molecule has 0 saturated carbocycles. The molecule has 0 unspecified atom stereocenters. The fourth-order valence-corrected chi connectivity index (χ4v) is 5.86. The Kier molecular flexibility index (Phi) is 8.71. The number of H-pyrrole nitrogens is 2. The number of nitrogens with one attached hydrogen (secondary N) is 2. The van der Waals surface area contributed by atoms with Crippen molar-refractivity contribution < 1.29 is 24.5 Å². The lowest BCUT2D eigenvalue weighted by molar-refractivity contribution is 0.0677. The van der Waals surface area contributed by atoms with Gasteiger partial charge in [0.1, 0.15) is 5.75 Å². The van der Waals surface area contributed by atoms with E-state index >= 15 is 0 Å². The number of aromatic amines is 2. The number of esters is 1. The number of carbonyl (C=O) groups excluding carboxylic acids is 1. The molecule has 1 aliphatic rings. The molecule has 2 aromatic heterocycles. The molecule has 1 aliphatic heterocycles. The second-order valence-corrected chi connectivity index (χ2v) is 10.9. The molecule has 1 fully saturated rings. The molecule has 5 rings (SSSR count). The summed E-state index contributed by atoms with van der Waals surface area (Å²) in [5.74, 6) is -3.90. The topological polar surface area (TPSA) is 153 Å². The zero-order valence-corrected chi connectivity index (χ0v) is 25.0. The van der Waals surface area contributed by atoms with Gasteiger partial charge in [0.05, 0.1) is 11.4 Å². The van der Waals surface area contributed by atoms with Gasteiger partial charge in [-0.1, -0.05) is 61.9 Å². The van der Waals surface area contributed by atoms with E-state index in [-0.39, 0.29) is 18.4 Å². The minimum Gasteiger partial charge on any atom is -0.506 e. The zero-order chi connectivity index (χ0) is 31.5. The number of carboxylic acid groups (broad SMARTS) is 1. The predicted molar refractivity (Wildman–Crippen MR) is 168 cm³/mol. The van der Waals surface area contributed by atoms with Crippen LogP contribution in [0.15, 0.2) is 58.1 Å². The van der Waals surface area contributed by atoms with Crippen molar-refractivity contribution in [1.29, 1.82) is 0 Å². The molecular formula is C34H35N3O7. The number of rotatable bonds is 8. The van der Waals surface area contributed by atoms with Crippen LogP contribution in [0.2, 0.25) is 0 Å². The van der Waals surface area contributed by atoms with Crippen molar-refractivity contribution in [2.75, 3.05) is 18.0 Å². The molecule has 4 N–H and O–H groups in total. The molecule has 228 valence electrons. The van der Waals surface area contributed by atoms with E-state index < -0.39 is 45.7 Å². The summed E-state index contributed by atoms with van der Waals surface area (Å²) in [5.41, 5.74) is 1.18. The number of anilines is 1. The highest BCUT2D eigenvalue weighted by Crippen LogP contribution is 2.37. The summed E-state index contributed by atoms with van der Waals surface area (Å²) in [5, 5.41) is 21.3. The van der Waals surface area contributed by atoms with Gasteiger partial charge in [-0.2, -0.15) is 0 Å². The summed E-state index contributed by atoms with van der Waals surface area (Å²) in [6.45, 7) is 7.15. The van der Waals surface area contributed by atoms with E-state index in [0.29, 0.717) is 22.5 Å². The van der Waals surface area contributed by atoms with E-state index in [1.165, 1.54) is 0 Å². The van der Waals surface area contributed by atoms with Crippen molar-refractivity contribution in [3.63, 3.8) is 0 Å². The molecule has 0 amide bonds. The number of aryl methyl sites for hydroxylation is 1. The molecule has 2 aromatic carbocycles. The molecule has 1 saturated heterocycles. The second-order valence-electron chi connectivity index (χ2n) is 10.9. The number of nitrogens with zero attached hydrogens (tertiary/aromatic N) is 1. The maximum absolute atomic E-state index is 13.6. The lowest BCUT2D eigenvalue weighted by atomic mass is 9.97. The molecule has 10 nitrogen and oxygen atoms in total. The van der Waals surface area contributed by atoms with E-state index in [9.17, 15) is 29.4 Å². The van der Waals surface area contributed by atoms with Crippen LogP contribution in [0.4, 0.5) is 5.69 Å². The molecule has 0 bridgehead atoms. The molecule has 0 spiro atoms. The lowest BCUT2D eigenvalue weighted by Gasteiger charge is -2.31. The summed E-state index contributed by atoms with van der Waals surface area (Å²) in [7, 11) is 0. The largest absolute Gasteiger partial charge is 0.506 e. The van der Waals surface area contributed by atoms with Crippen molar-refractivity contribution in [3.8, 4) is 34.0 Å². The molecule has 0 radical (unpaired) electrons. The Morgan fingerprint density at radius 3 is 2.09 bits per heavy atom. The number of hydrogen-bond acceptors (Lipinski definition) is 7. The van der Waals surface area contributed by atoms with Crippen LogP contribution in [0.25, 0.3) is 22.5 Å². The van der Waals surface area contributed by atoms with Crippen LogP contribution in [0, 0.1) is 6.92 Å². The standard InChI is InChI=1S/C34H35N3O7/c1-4-21-28(23-11-7-8-12-24(23)37-17-9-6-10-18-37)36-31(39)25(29(21)38)34(43)44-30-22(5-2)27(20-15-13-19(3)14-16-20)35-32(40)26(30)33(41)42/h7-8,11-16H,4-6,9-10,17-18H2,1-3H3,(H,35,40)(H,41,42)(H2,36,38,39). The quantitative estimate of drug-likeness (QED) is 0.196. The number of piperidine rings is 1. The van der Waals surface area contributed by atoms with Gasteiger partial charge in [0.25, 0.3) is 11.1 Å². The van der Waals surface area contributed by atoms with Gasteiger partial charge in [0, 0.05) is 35.5 Å². The summed E-state index contributed by atoms with van der Waals surface area (Å²) < 4.78 is 5.58. The summed E-state index contributed by atoms with van der Waals surface area (Å²) in [6.07, 6.45) is 3.71. The number of benzene rings is 2. The monoisotopic (exact) mass is 597 g/mol. The first-order valence-electron chi connectivity index (χ1n) is 14.8. The maximum atomic E-state index is 13.6. The van der Waals surface area contributed by atoms with Crippen LogP contribution in [0.5, 0.6) is 11.5 Å². The number of ether oxygens (including phenoxy) is 1. The Hall–Kier alpha value is -5.12. The fourth-order valence-electron chi connectivity index (χ4n) is 5.86. The average molecular weight is 598 g/mol. The minimum atomic E-state index is -1.60. The first kappa shape index (κ1) is 30.3. The van der Waals surface area contributed by atoms with Crippen LogP contribution in [0.3, 0.4) is 0 Å². The van der Waals surface area contributed by atoms with Gasteiger partial charge in [0.15, 0.2) is 16.9 Å². The molecule has 0 atom stereocenters. The highest BCUT2D eigenvalue weighted by Gasteiger charge is 2.30. The third-order valence-corrected chi connectivity index (χ3v) is 8.09. The van der Waals surface area contributed by atoms with Gasteiger partial charge in [-0.15, -0.1) is 0 Å². The van der Waals surface area contributed by atoms with E-state index in [1.54, 1.807) is 26.0 Å². The number of hydrogen-bond donors (Lipinski definition) is 4. The normalized spacial score (nSPS) is 13.1. The zero-order valence-electron chi connectivity index (χ0n) is 25.0. The van der Waals surface area contributed by atoms with E-state index in [4.69, 9.17) is 4.74 Å². The number of carboxylic acids is 1. The molecule has 44 heavy (non-hydrogen) atoms. The Balaban J connectivity index is 1.63. The Labute approximate surface area is 254 Å². The first-order valence-corrected chi connectivity index (χ1v) is 14.8. The van der Waals surface area contributed by atoms with Crippen molar-refractivity contribution >= 4 is 17.6 Å².